The first-order valence-electron chi connectivity index (χ1n) is 14.0. The Morgan fingerprint density at radius 1 is 0.833 bits per heavy atom. The van der Waals surface area contributed by atoms with Crippen LogP contribution in [0.4, 0.5) is 0 Å². The highest BCUT2D eigenvalue weighted by Crippen LogP contribution is 2.43. The number of hydrogen-bond donors (Lipinski definition) is 2. The third-order valence-corrected chi connectivity index (χ3v) is 8.63. The summed E-state index contributed by atoms with van der Waals surface area (Å²) < 4.78 is 15.0. The molecule has 4 aromatic carbocycles. The molecule has 3 N–H and O–H groups in total. The van der Waals surface area contributed by atoms with E-state index in [-0.39, 0.29) is 24.7 Å². The van der Waals surface area contributed by atoms with Crippen LogP contribution in [-0.2, 0) is 22.6 Å². The van der Waals surface area contributed by atoms with Crippen molar-refractivity contribution < 1.29 is 14.6 Å². The van der Waals surface area contributed by atoms with Gasteiger partial charge < -0.3 is 20.3 Å². The van der Waals surface area contributed by atoms with Crippen molar-refractivity contribution in [3.05, 3.63) is 125 Å². The molecule has 8 nitrogen and oxygen atoms in total. The Morgan fingerprint density at radius 2 is 1.60 bits per heavy atom. The normalized spacial score (nSPS) is 20.5. The Morgan fingerprint density at radius 3 is 2.33 bits per heavy atom. The van der Waals surface area contributed by atoms with Crippen molar-refractivity contribution in [1.29, 1.82) is 0 Å². The van der Waals surface area contributed by atoms with Crippen LogP contribution in [0, 0.1) is 5.92 Å². The second-order valence-corrected chi connectivity index (χ2v) is 11.4. The lowest BCUT2D eigenvalue weighted by molar-refractivity contribution is -0.268. The number of aliphatic hydroxyl groups is 1. The van der Waals surface area contributed by atoms with Crippen molar-refractivity contribution in [2.24, 2.45) is 11.7 Å². The summed E-state index contributed by atoms with van der Waals surface area (Å²) in [7, 11) is 0. The molecule has 1 fully saturated rings. The van der Waals surface area contributed by atoms with Crippen LogP contribution in [0.5, 0.6) is 0 Å². The van der Waals surface area contributed by atoms with E-state index < -0.39 is 6.29 Å². The van der Waals surface area contributed by atoms with E-state index in [0.29, 0.717) is 17.5 Å². The van der Waals surface area contributed by atoms with E-state index in [2.05, 4.69) is 58.8 Å². The molecule has 0 radical (unpaired) electrons. The Balaban J connectivity index is 1.25. The van der Waals surface area contributed by atoms with Crippen LogP contribution in [0.25, 0.3) is 16.8 Å². The van der Waals surface area contributed by atoms with Crippen LogP contribution < -0.4 is 5.73 Å². The van der Waals surface area contributed by atoms with Gasteiger partial charge in [0.05, 0.1) is 24.5 Å². The fourth-order valence-electron chi connectivity index (χ4n) is 5.18. The first kappa shape index (κ1) is 28.3. The van der Waals surface area contributed by atoms with Crippen molar-refractivity contribution >= 4 is 11.8 Å². The van der Waals surface area contributed by atoms with Gasteiger partial charge in [0.25, 0.3) is 0 Å². The van der Waals surface area contributed by atoms with Gasteiger partial charge in [0.1, 0.15) is 0 Å². The number of tetrazole rings is 1. The summed E-state index contributed by atoms with van der Waals surface area (Å²) in [6.45, 7) is 2.66. The molecule has 1 aromatic heterocycles. The summed E-state index contributed by atoms with van der Waals surface area (Å²) in [5.74, 6) is 0.691. The fourth-order valence-corrected chi connectivity index (χ4v) is 6.23. The van der Waals surface area contributed by atoms with Crippen LogP contribution >= 0.6 is 11.8 Å². The van der Waals surface area contributed by atoms with Crippen molar-refractivity contribution in [2.75, 3.05) is 5.75 Å². The van der Waals surface area contributed by atoms with Crippen LogP contribution in [-0.4, -0.2) is 37.2 Å². The number of para-hydroxylation sites is 1. The highest BCUT2D eigenvalue weighted by molar-refractivity contribution is 7.99. The lowest BCUT2D eigenvalue weighted by atomic mass is 9.91. The number of benzene rings is 4. The Bertz CT molecular complexity index is 1590. The van der Waals surface area contributed by atoms with Gasteiger partial charge in [-0.3, -0.25) is 0 Å². The second kappa shape index (κ2) is 13.0. The Kier molecular flexibility index (Phi) is 8.73. The first-order valence-corrected chi connectivity index (χ1v) is 15.0. The SMILES string of the molecule is CC1C(CSc2nnnn2-c2ccccc2)OC(c2ccc(-c3cccc(CN)c3)cc2)OC1c1ccc(CO)cc1. The maximum Gasteiger partial charge on any atom is 0.214 e. The molecule has 0 aliphatic carbocycles. The number of nitrogens with zero attached hydrogens (tertiary/aromatic N) is 4. The van der Waals surface area contributed by atoms with E-state index >= 15 is 0 Å². The fraction of sp³-hybridized carbons (Fsp3) is 0.242. The molecule has 5 aromatic rings. The standard InChI is InChI=1S/C33H33N5O3S/c1-22-30(21-42-33-35-36-37-38(33)29-8-3-2-4-9-29)40-32(41-31(22)26-12-10-23(20-39)11-13-26)27-16-14-25(15-17-27)28-7-5-6-24(18-28)19-34/h2-18,22,30-32,39H,19-21,34H2,1H3. The molecule has 0 amide bonds. The second-order valence-electron chi connectivity index (χ2n) is 10.4. The zero-order valence-corrected chi connectivity index (χ0v) is 24.1. The van der Waals surface area contributed by atoms with Gasteiger partial charge in [0.15, 0.2) is 6.29 Å². The highest BCUT2D eigenvalue weighted by atomic mass is 32.2. The number of rotatable bonds is 9. The average Bonchev–Trinajstić information content (AvgIpc) is 3.53. The smallest absolute Gasteiger partial charge is 0.214 e. The van der Waals surface area contributed by atoms with E-state index in [1.165, 1.54) is 0 Å². The van der Waals surface area contributed by atoms with Gasteiger partial charge in [0.2, 0.25) is 5.16 Å². The van der Waals surface area contributed by atoms with E-state index in [1.54, 1.807) is 16.4 Å². The van der Waals surface area contributed by atoms with Gasteiger partial charge in [-0.2, -0.15) is 4.68 Å². The average molecular weight is 580 g/mol. The lowest BCUT2D eigenvalue weighted by Crippen LogP contribution is -2.38. The lowest BCUT2D eigenvalue weighted by Gasteiger charge is -2.41. The number of hydrogen-bond acceptors (Lipinski definition) is 8. The van der Waals surface area contributed by atoms with E-state index in [9.17, 15) is 5.11 Å². The number of aromatic nitrogens is 4. The minimum absolute atomic E-state index is 0.00300. The van der Waals surface area contributed by atoms with Crippen molar-refractivity contribution in [2.45, 2.75) is 43.7 Å². The Hall–Kier alpha value is -3.86. The number of nitrogens with two attached hydrogens (primary N) is 1. The van der Waals surface area contributed by atoms with Crippen molar-refractivity contribution in [3.63, 3.8) is 0 Å². The molecular weight excluding hydrogens is 546 g/mol. The quantitative estimate of drug-likeness (QED) is 0.209. The van der Waals surface area contributed by atoms with Gasteiger partial charge in [-0.1, -0.05) is 104 Å². The minimum atomic E-state index is -0.552. The maximum atomic E-state index is 9.54. The number of thioether (sulfide) groups is 1. The van der Waals surface area contributed by atoms with Gasteiger partial charge in [-0.05, 0) is 56.4 Å². The molecule has 1 saturated heterocycles. The molecule has 214 valence electrons. The Labute approximate surface area is 249 Å². The van der Waals surface area contributed by atoms with Crippen LogP contribution in [0.15, 0.2) is 108 Å². The van der Waals surface area contributed by atoms with Gasteiger partial charge in [0, 0.05) is 23.8 Å². The summed E-state index contributed by atoms with van der Waals surface area (Å²) in [6, 6.07) is 34.4. The predicted molar refractivity (Wildman–Crippen MR) is 163 cm³/mol. The molecule has 1 aliphatic rings. The summed E-state index contributed by atoms with van der Waals surface area (Å²) in [5, 5.41) is 22.6. The number of aliphatic hydroxyl groups excluding tert-OH is 1. The molecule has 0 saturated carbocycles. The van der Waals surface area contributed by atoms with Gasteiger partial charge >= 0.3 is 0 Å². The molecule has 6 rings (SSSR count). The van der Waals surface area contributed by atoms with Gasteiger partial charge in [-0.25, -0.2) is 0 Å². The van der Waals surface area contributed by atoms with Crippen LogP contribution in [0.3, 0.4) is 0 Å². The first-order chi connectivity index (χ1) is 20.6. The molecule has 4 unspecified atom stereocenters. The molecule has 4 atom stereocenters. The topological polar surface area (TPSA) is 108 Å². The molecule has 2 heterocycles. The third kappa shape index (κ3) is 6.16. The van der Waals surface area contributed by atoms with Crippen molar-refractivity contribution in [3.8, 4) is 16.8 Å². The summed E-state index contributed by atoms with van der Waals surface area (Å²) in [5.41, 5.74) is 12.9. The molecule has 0 bridgehead atoms. The minimum Gasteiger partial charge on any atom is -0.392 e. The molecular formula is C33H33N5O3S. The molecule has 0 spiro atoms. The largest absolute Gasteiger partial charge is 0.392 e. The number of ether oxygens (including phenoxy) is 2. The maximum absolute atomic E-state index is 9.54. The predicted octanol–water partition coefficient (Wildman–Crippen LogP) is 5.86. The molecule has 9 heteroatoms. The molecule has 1 aliphatic heterocycles. The van der Waals surface area contributed by atoms with Crippen LogP contribution in [0.2, 0.25) is 0 Å². The van der Waals surface area contributed by atoms with Crippen molar-refractivity contribution in [1.82, 2.24) is 20.2 Å². The molecule has 42 heavy (non-hydrogen) atoms. The summed E-state index contributed by atoms with van der Waals surface area (Å²) in [4.78, 5) is 0. The van der Waals surface area contributed by atoms with E-state index in [4.69, 9.17) is 15.2 Å². The monoisotopic (exact) mass is 579 g/mol. The van der Waals surface area contributed by atoms with Crippen LogP contribution in [0.1, 0.15) is 41.6 Å². The third-order valence-electron chi connectivity index (χ3n) is 7.62. The highest BCUT2D eigenvalue weighted by Gasteiger charge is 2.38. The van der Waals surface area contributed by atoms with E-state index in [1.807, 2.05) is 66.7 Å². The summed E-state index contributed by atoms with van der Waals surface area (Å²) >= 11 is 1.57. The zero-order chi connectivity index (χ0) is 28.9. The van der Waals surface area contributed by atoms with E-state index in [0.717, 1.165) is 39.1 Å². The zero-order valence-electron chi connectivity index (χ0n) is 23.3. The summed E-state index contributed by atoms with van der Waals surface area (Å²) in [6.07, 6.45) is -0.893. The van der Waals surface area contributed by atoms with Gasteiger partial charge in [-0.15, -0.1) is 5.10 Å².